The lowest BCUT2D eigenvalue weighted by Crippen LogP contribution is -2.42. The van der Waals surface area contributed by atoms with Gasteiger partial charge in [-0.05, 0) is 19.3 Å². The number of amides is 2. The van der Waals surface area contributed by atoms with E-state index < -0.39 is 23.8 Å². The maximum atomic E-state index is 12.2. The number of hydroxylamine groups is 2. The number of rotatable bonds is 4. The summed E-state index contributed by atoms with van der Waals surface area (Å²) in [5.41, 5.74) is -0.0276. The summed E-state index contributed by atoms with van der Waals surface area (Å²) in [4.78, 5) is 64.3. The Morgan fingerprint density at radius 2 is 1.56 bits per heavy atom. The number of ketones is 2. The monoisotopic (exact) mass is 350 g/mol. The predicted molar refractivity (Wildman–Crippen MR) is 85.5 cm³/mol. The molecule has 2 fully saturated rings. The van der Waals surface area contributed by atoms with Crippen molar-refractivity contribution in [2.24, 2.45) is 5.41 Å². The molecule has 0 aromatic rings. The minimum absolute atomic E-state index is 0.00971. The van der Waals surface area contributed by atoms with Crippen molar-refractivity contribution in [1.82, 2.24) is 10.4 Å². The van der Waals surface area contributed by atoms with E-state index >= 15 is 0 Å². The molecule has 1 aliphatic heterocycles. The van der Waals surface area contributed by atoms with Crippen LogP contribution >= 0.6 is 0 Å². The van der Waals surface area contributed by atoms with Crippen molar-refractivity contribution in [2.45, 2.75) is 59.4 Å². The zero-order valence-electron chi connectivity index (χ0n) is 14.8. The largest absolute Gasteiger partial charge is 0.375 e. The van der Waals surface area contributed by atoms with E-state index in [1.807, 2.05) is 13.8 Å². The number of imide groups is 1. The van der Waals surface area contributed by atoms with Crippen molar-refractivity contribution >= 4 is 29.4 Å². The van der Waals surface area contributed by atoms with E-state index in [0.29, 0.717) is 5.06 Å². The van der Waals surface area contributed by atoms with E-state index in [0.717, 1.165) is 0 Å². The van der Waals surface area contributed by atoms with Gasteiger partial charge in [0.25, 0.3) is 11.8 Å². The minimum atomic E-state index is -0.941. The van der Waals surface area contributed by atoms with Crippen LogP contribution in [0.3, 0.4) is 0 Å². The highest BCUT2D eigenvalue weighted by Gasteiger charge is 2.38. The molecule has 0 aromatic heterocycles. The Kier molecular flexibility index (Phi) is 5.10. The third-order valence-electron chi connectivity index (χ3n) is 4.18. The quantitative estimate of drug-likeness (QED) is 0.454. The first-order valence-corrected chi connectivity index (χ1v) is 8.13. The minimum Gasteiger partial charge on any atom is -0.375 e. The maximum absolute atomic E-state index is 12.2. The van der Waals surface area contributed by atoms with E-state index in [1.165, 1.54) is 6.92 Å². The Labute approximate surface area is 145 Å². The zero-order chi connectivity index (χ0) is 18.9. The molecule has 25 heavy (non-hydrogen) atoms. The first-order valence-electron chi connectivity index (χ1n) is 8.13. The Bertz CT molecular complexity index is 653. The number of nitrogens with zero attached hydrogens (tertiary/aromatic N) is 1. The topological polar surface area (TPSA) is 110 Å². The summed E-state index contributed by atoms with van der Waals surface area (Å²) >= 11 is 0. The molecule has 2 rings (SSSR count). The molecule has 1 atom stereocenters. The van der Waals surface area contributed by atoms with Crippen LogP contribution in [0, 0.1) is 5.41 Å². The van der Waals surface area contributed by atoms with Gasteiger partial charge in [-0.1, -0.05) is 13.8 Å². The Morgan fingerprint density at radius 1 is 1.08 bits per heavy atom. The molecule has 1 saturated heterocycles. The van der Waals surface area contributed by atoms with Gasteiger partial charge in [0, 0.05) is 31.4 Å². The normalized spacial score (nSPS) is 21.4. The highest BCUT2D eigenvalue weighted by Crippen LogP contribution is 2.34. The summed E-state index contributed by atoms with van der Waals surface area (Å²) in [6.07, 6.45) is 0.525. The lowest BCUT2D eigenvalue weighted by atomic mass is 9.73. The van der Waals surface area contributed by atoms with Crippen molar-refractivity contribution < 1.29 is 28.8 Å². The number of carbonyl (C=O) groups is 5. The molecule has 136 valence electrons. The summed E-state index contributed by atoms with van der Waals surface area (Å²) in [6.45, 7) is 6.71. The summed E-state index contributed by atoms with van der Waals surface area (Å²) in [6, 6.07) is -0.941. The van der Waals surface area contributed by atoms with E-state index in [9.17, 15) is 24.0 Å². The molecule has 8 nitrogen and oxygen atoms in total. The molecule has 0 unspecified atom stereocenters. The van der Waals surface area contributed by atoms with Crippen LogP contribution in [0.2, 0.25) is 0 Å². The number of nitrogens with one attached hydrogen (secondary N) is 1. The molecular formula is C17H22N2O6. The number of hydrogen-bond donors (Lipinski definition) is 1. The molecule has 0 spiro atoms. The second kappa shape index (κ2) is 6.78. The summed E-state index contributed by atoms with van der Waals surface area (Å²) in [5.74, 6) is -2.52. The van der Waals surface area contributed by atoms with Crippen molar-refractivity contribution in [3.05, 3.63) is 11.3 Å². The Hall–Kier alpha value is -2.51. The Balaban J connectivity index is 2.06. The summed E-state index contributed by atoms with van der Waals surface area (Å²) in [5, 5.41) is 3.22. The van der Waals surface area contributed by atoms with Gasteiger partial charge in [-0.25, -0.2) is 4.79 Å². The molecule has 0 aromatic carbocycles. The third-order valence-corrected chi connectivity index (χ3v) is 4.18. The first kappa shape index (κ1) is 18.8. The molecule has 1 N–H and O–H groups in total. The molecule has 2 amide bonds. The van der Waals surface area contributed by atoms with Crippen LogP contribution in [0.1, 0.15) is 53.4 Å². The van der Waals surface area contributed by atoms with Crippen LogP contribution in [0.5, 0.6) is 0 Å². The van der Waals surface area contributed by atoms with Crippen LogP contribution in [-0.2, 0) is 28.8 Å². The van der Waals surface area contributed by atoms with Crippen LogP contribution in [-0.4, -0.2) is 40.5 Å². The molecule has 0 bridgehead atoms. The van der Waals surface area contributed by atoms with Crippen molar-refractivity contribution in [2.75, 3.05) is 0 Å². The SMILES string of the molecule is CC(N[C@@H](C)C(=O)ON1C(=O)CCC1=O)=C1C(=O)CC(C)(C)CC1=O. The van der Waals surface area contributed by atoms with Crippen LogP contribution < -0.4 is 5.32 Å². The fourth-order valence-electron chi connectivity index (χ4n) is 2.97. The molecule has 8 heteroatoms. The van der Waals surface area contributed by atoms with Gasteiger partial charge in [-0.3, -0.25) is 19.2 Å². The van der Waals surface area contributed by atoms with Crippen LogP contribution in [0.4, 0.5) is 0 Å². The van der Waals surface area contributed by atoms with Crippen LogP contribution in [0.15, 0.2) is 11.3 Å². The molecule has 0 radical (unpaired) electrons. The number of hydrogen-bond acceptors (Lipinski definition) is 7. The van der Waals surface area contributed by atoms with Gasteiger partial charge in [0.05, 0.1) is 5.57 Å². The summed E-state index contributed by atoms with van der Waals surface area (Å²) < 4.78 is 0. The molecule has 1 aliphatic carbocycles. The average Bonchev–Trinajstić information content (AvgIpc) is 2.76. The maximum Gasteiger partial charge on any atom is 0.354 e. The smallest absolute Gasteiger partial charge is 0.354 e. The van der Waals surface area contributed by atoms with Gasteiger partial charge in [-0.15, -0.1) is 5.06 Å². The zero-order valence-corrected chi connectivity index (χ0v) is 14.8. The van der Waals surface area contributed by atoms with Gasteiger partial charge in [-0.2, -0.15) is 0 Å². The van der Waals surface area contributed by atoms with Crippen molar-refractivity contribution in [1.29, 1.82) is 0 Å². The number of allylic oxidation sites excluding steroid dienone is 2. The van der Waals surface area contributed by atoms with Crippen LogP contribution in [0.25, 0.3) is 0 Å². The van der Waals surface area contributed by atoms with Crippen molar-refractivity contribution in [3.63, 3.8) is 0 Å². The second-order valence-corrected chi connectivity index (χ2v) is 7.22. The van der Waals surface area contributed by atoms with Gasteiger partial charge in [0.15, 0.2) is 11.6 Å². The van der Waals surface area contributed by atoms with E-state index in [2.05, 4.69) is 5.32 Å². The first-order chi connectivity index (χ1) is 11.5. The molecule has 1 saturated carbocycles. The van der Waals surface area contributed by atoms with Gasteiger partial charge < -0.3 is 10.2 Å². The second-order valence-electron chi connectivity index (χ2n) is 7.22. The number of Topliss-reactive ketones (excluding diaryl/α,β-unsaturated/α-hetero) is 2. The lowest BCUT2D eigenvalue weighted by molar-refractivity contribution is -0.198. The van der Waals surface area contributed by atoms with Gasteiger partial charge >= 0.3 is 5.97 Å². The van der Waals surface area contributed by atoms with E-state index in [4.69, 9.17) is 4.84 Å². The molecular weight excluding hydrogens is 328 g/mol. The van der Waals surface area contributed by atoms with E-state index in [-0.39, 0.29) is 53.9 Å². The highest BCUT2D eigenvalue weighted by molar-refractivity contribution is 6.22. The van der Waals surface area contributed by atoms with Gasteiger partial charge in [0.2, 0.25) is 0 Å². The third kappa shape index (κ3) is 4.12. The fraction of sp³-hybridized carbons (Fsp3) is 0.588. The standard InChI is InChI=1S/C17H22N2O6/c1-9(15-11(20)7-17(3,4)8-12(15)21)18-10(2)16(24)25-19-13(22)5-6-14(19)23/h10,18H,5-8H2,1-4H3/t10-/m0/s1. The number of carbonyl (C=O) groups excluding carboxylic acids is 5. The highest BCUT2D eigenvalue weighted by atomic mass is 16.7. The van der Waals surface area contributed by atoms with Crippen molar-refractivity contribution in [3.8, 4) is 0 Å². The van der Waals surface area contributed by atoms with Gasteiger partial charge in [0.1, 0.15) is 6.04 Å². The lowest BCUT2D eigenvalue weighted by Gasteiger charge is -2.29. The molecule has 2 aliphatic rings. The average molecular weight is 350 g/mol. The Morgan fingerprint density at radius 3 is 2.04 bits per heavy atom. The summed E-state index contributed by atoms with van der Waals surface area (Å²) in [7, 11) is 0. The van der Waals surface area contributed by atoms with E-state index in [1.54, 1.807) is 6.92 Å². The fourth-order valence-corrected chi connectivity index (χ4v) is 2.97. The predicted octanol–water partition coefficient (Wildman–Crippen LogP) is 0.804. The molecule has 1 heterocycles.